The normalized spacial score (nSPS) is 10.7. The third kappa shape index (κ3) is 7.44. The number of hydrogen-bond donors (Lipinski definition) is 3. The standard InChI is InChI=1S/C6H14N4O3.ClH/c1-12-5(11)4(7)2-3-13-10-6(8)9;/h4H,2-3,7H2,1H3,(H4,8,9,10);1H/t4-;/m0./s1. The molecule has 0 bridgehead atoms. The summed E-state index contributed by atoms with van der Waals surface area (Å²) in [6, 6.07) is -0.709. The zero-order valence-electron chi connectivity index (χ0n) is 7.80. The van der Waals surface area contributed by atoms with Crippen LogP contribution >= 0.6 is 12.4 Å². The molecule has 0 amide bonds. The molecular formula is C6H15ClN4O3. The zero-order valence-corrected chi connectivity index (χ0v) is 8.62. The highest BCUT2D eigenvalue weighted by Crippen LogP contribution is 1.92. The van der Waals surface area contributed by atoms with Gasteiger partial charge in [-0.1, -0.05) is 0 Å². The average Bonchev–Trinajstić information content (AvgIpc) is 2.10. The summed E-state index contributed by atoms with van der Waals surface area (Å²) in [4.78, 5) is 15.4. The van der Waals surface area contributed by atoms with E-state index >= 15 is 0 Å². The summed E-state index contributed by atoms with van der Waals surface area (Å²) in [5.74, 6) is -0.667. The SMILES string of the molecule is COC(=O)[C@@H](N)CCON=C(N)N.Cl. The second-order valence-corrected chi connectivity index (χ2v) is 2.27. The number of rotatable bonds is 5. The van der Waals surface area contributed by atoms with Gasteiger partial charge in [-0.15, -0.1) is 12.4 Å². The fourth-order valence-electron chi connectivity index (χ4n) is 0.569. The lowest BCUT2D eigenvalue weighted by Gasteiger charge is -2.07. The number of carbonyl (C=O) groups excluding carboxylic acids is 1. The molecule has 14 heavy (non-hydrogen) atoms. The zero-order chi connectivity index (χ0) is 10.3. The van der Waals surface area contributed by atoms with Gasteiger partial charge in [0.1, 0.15) is 12.6 Å². The Morgan fingerprint density at radius 3 is 2.50 bits per heavy atom. The van der Waals surface area contributed by atoms with E-state index in [1.165, 1.54) is 7.11 Å². The Labute approximate surface area is 88.0 Å². The van der Waals surface area contributed by atoms with Crippen LogP contribution in [0.25, 0.3) is 0 Å². The first-order chi connectivity index (χ1) is 6.07. The fourth-order valence-corrected chi connectivity index (χ4v) is 0.569. The summed E-state index contributed by atoms with van der Waals surface area (Å²) in [6.07, 6.45) is 0.295. The number of hydrogen-bond acceptors (Lipinski definition) is 5. The van der Waals surface area contributed by atoms with Crippen LogP contribution in [0, 0.1) is 0 Å². The third-order valence-electron chi connectivity index (χ3n) is 1.19. The first-order valence-corrected chi connectivity index (χ1v) is 3.62. The minimum atomic E-state index is -0.709. The van der Waals surface area contributed by atoms with Crippen molar-refractivity contribution in [3.05, 3.63) is 0 Å². The number of carbonyl (C=O) groups is 1. The molecule has 6 N–H and O–H groups in total. The topological polar surface area (TPSA) is 126 Å². The van der Waals surface area contributed by atoms with Crippen molar-refractivity contribution in [1.29, 1.82) is 0 Å². The molecular weight excluding hydrogens is 212 g/mol. The molecule has 0 radical (unpaired) electrons. The van der Waals surface area contributed by atoms with E-state index in [2.05, 4.69) is 14.7 Å². The van der Waals surface area contributed by atoms with Gasteiger partial charge < -0.3 is 26.8 Å². The Morgan fingerprint density at radius 1 is 1.50 bits per heavy atom. The summed E-state index contributed by atoms with van der Waals surface area (Å²) < 4.78 is 4.39. The molecule has 0 spiro atoms. The molecule has 0 aliphatic rings. The highest BCUT2D eigenvalue weighted by molar-refractivity contribution is 5.85. The smallest absolute Gasteiger partial charge is 0.322 e. The van der Waals surface area contributed by atoms with Gasteiger partial charge in [0.05, 0.1) is 7.11 Å². The molecule has 84 valence electrons. The highest BCUT2D eigenvalue weighted by atomic mass is 35.5. The van der Waals surface area contributed by atoms with Crippen LogP contribution in [0.2, 0.25) is 0 Å². The van der Waals surface area contributed by atoms with Crippen molar-refractivity contribution in [2.45, 2.75) is 12.5 Å². The van der Waals surface area contributed by atoms with E-state index in [1.54, 1.807) is 0 Å². The number of halogens is 1. The minimum absolute atomic E-state index is 0. The van der Waals surface area contributed by atoms with Crippen molar-refractivity contribution >= 4 is 24.3 Å². The van der Waals surface area contributed by atoms with Gasteiger partial charge in [-0.2, -0.15) is 0 Å². The monoisotopic (exact) mass is 226 g/mol. The summed E-state index contributed by atoms with van der Waals surface area (Å²) in [5, 5.41) is 3.25. The fraction of sp³-hybridized carbons (Fsp3) is 0.667. The average molecular weight is 227 g/mol. The first kappa shape index (κ1) is 15.3. The van der Waals surface area contributed by atoms with Crippen molar-refractivity contribution in [3.8, 4) is 0 Å². The quantitative estimate of drug-likeness (QED) is 0.172. The van der Waals surface area contributed by atoms with E-state index in [1.807, 2.05) is 0 Å². The molecule has 0 rings (SSSR count). The molecule has 0 heterocycles. The van der Waals surface area contributed by atoms with E-state index < -0.39 is 12.0 Å². The number of ether oxygens (including phenoxy) is 1. The number of methoxy groups -OCH3 is 1. The van der Waals surface area contributed by atoms with Gasteiger partial charge >= 0.3 is 5.97 Å². The van der Waals surface area contributed by atoms with Crippen LogP contribution in [-0.2, 0) is 14.4 Å². The minimum Gasteiger partial charge on any atom is -0.468 e. The van der Waals surface area contributed by atoms with Crippen molar-refractivity contribution in [2.24, 2.45) is 22.4 Å². The number of nitrogens with zero attached hydrogens (tertiary/aromatic N) is 1. The third-order valence-corrected chi connectivity index (χ3v) is 1.19. The van der Waals surface area contributed by atoms with Gasteiger partial charge in [-0.25, -0.2) is 0 Å². The Hall–Kier alpha value is -1.21. The van der Waals surface area contributed by atoms with E-state index in [0.29, 0.717) is 6.42 Å². The number of nitrogens with two attached hydrogens (primary N) is 3. The van der Waals surface area contributed by atoms with Crippen LogP contribution in [0.1, 0.15) is 6.42 Å². The van der Waals surface area contributed by atoms with E-state index in [9.17, 15) is 4.79 Å². The van der Waals surface area contributed by atoms with Gasteiger partial charge in [-0.3, -0.25) is 4.79 Å². The maximum atomic E-state index is 10.8. The van der Waals surface area contributed by atoms with E-state index in [4.69, 9.17) is 17.2 Å². The van der Waals surface area contributed by atoms with Crippen LogP contribution in [0.4, 0.5) is 0 Å². The highest BCUT2D eigenvalue weighted by Gasteiger charge is 2.12. The first-order valence-electron chi connectivity index (χ1n) is 3.62. The van der Waals surface area contributed by atoms with Gasteiger partial charge in [0.15, 0.2) is 0 Å². The predicted molar refractivity (Wildman–Crippen MR) is 53.6 cm³/mol. The Bertz CT molecular complexity index is 196. The molecule has 0 aromatic rings. The lowest BCUT2D eigenvalue weighted by atomic mass is 10.2. The van der Waals surface area contributed by atoms with E-state index in [-0.39, 0.29) is 25.0 Å². The summed E-state index contributed by atoms with van der Waals surface area (Å²) in [5.41, 5.74) is 15.3. The van der Waals surface area contributed by atoms with Crippen LogP contribution in [0.15, 0.2) is 5.16 Å². The maximum absolute atomic E-state index is 10.8. The molecule has 0 aromatic carbocycles. The maximum Gasteiger partial charge on any atom is 0.322 e. The molecule has 1 atom stereocenters. The molecule has 0 fully saturated rings. The summed E-state index contributed by atoms with van der Waals surface area (Å²) in [7, 11) is 1.26. The number of esters is 1. The van der Waals surface area contributed by atoms with Gasteiger partial charge in [0.25, 0.3) is 0 Å². The lowest BCUT2D eigenvalue weighted by molar-refractivity contribution is -0.142. The predicted octanol–water partition coefficient (Wildman–Crippen LogP) is -1.50. The van der Waals surface area contributed by atoms with Crippen LogP contribution in [0.5, 0.6) is 0 Å². The second kappa shape index (κ2) is 8.39. The number of guanidine groups is 1. The molecule has 0 aliphatic carbocycles. The van der Waals surface area contributed by atoms with Gasteiger partial charge in [0, 0.05) is 6.42 Å². The van der Waals surface area contributed by atoms with Crippen molar-refractivity contribution in [3.63, 3.8) is 0 Å². The Balaban J connectivity index is 0. The molecule has 0 saturated heterocycles. The molecule has 0 aliphatic heterocycles. The Kier molecular flexibility index (Phi) is 9.15. The van der Waals surface area contributed by atoms with Crippen molar-refractivity contribution in [2.75, 3.05) is 13.7 Å². The van der Waals surface area contributed by atoms with Crippen molar-refractivity contribution < 1.29 is 14.4 Å². The second-order valence-electron chi connectivity index (χ2n) is 2.27. The molecule has 0 saturated carbocycles. The molecule has 0 unspecified atom stereocenters. The van der Waals surface area contributed by atoms with Crippen LogP contribution < -0.4 is 17.2 Å². The van der Waals surface area contributed by atoms with Gasteiger partial charge in [-0.05, 0) is 5.16 Å². The van der Waals surface area contributed by atoms with E-state index in [0.717, 1.165) is 0 Å². The molecule has 8 heteroatoms. The summed E-state index contributed by atoms with van der Waals surface area (Å²) >= 11 is 0. The molecule has 7 nitrogen and oxygen atoms in total. The summed E-state index contributed by atoms with van der Waals surface area (Å²) in [6.45, 7) is 0.161. The van der Waals surface area contributed by atoms with Crippen LogP contribution in [-0.4, -0.2) is 31.7 Å². The molecule has 0 aromatic heterocycles. The number of oxime groups is 1. The largest absolute Gasteiger partial charge is 0.468 e. The van der Waals surface area contributed by atoms with Gasteiger partial charge in [0.2, 0.25) is 5.96 Å². The lowest BCUT2D eigenvalue weighted by Crippen LogP contribution is -2.32. The van der Waals surface area contributed by atoms with Crippen LogP contribution in [0.3, 0.4) is 0 Å². The Morgan fingerprint density at radius 2 is 2.07 bits per heavy atom. The van der Waals surface area contributed by atoms with Crippen molar-refractivity contribution in [1.82, 2.24) is 0 Å².